The highest BCUT2D eigenvalue weighted by atomic mass is 79.9. The molecule has 1 saturated carbocycles. The van der Waals surface area contributed by atoms with E-state index in [0.29, 0.717) is 10.6 Å². The number of halogens is 2. The van der Waals surface area contributed by atoms with Gasteiger partial charge < -0.3 is 5.11 Å². The molecule has 1 unspecified atom stereocenters. The summed E-state index contributed by atoms with van der Waals surface area (Å²) < 4.78 is 0.779. The normalized spacial score (nSPS) is 18.5. The molecule has 2 N–H and O–H groups in total. The number of rotatable bonds is 4. The number of aliphatic carboxylic acids is 1. The lowest BCUT2D eigenvalue weighted by Gasteiger charge is -2.22. The molecule has 5 heteroatoms. The van der Waals surface area contributed by atoms with Crippen LogP contribution in [0.1, 0.15) is 50.1 Å². The van der Waals surface area contributed by atoms with Gasteiger partial charge in [0.05, 0.1) is 5.02 Å². The lowest BCUT2D eigenvalue weighted by Crippen LogP contribution is -2.36. The van der Waals surface area contributed by atoms with Crippen LogP contribution in [0.5, 0.6) is 0 Å². The molecule has 1 fully saturated rings. The fraction of sp³-hybridized carbons (Fsp3) is 0.533. The van der Waals surface area contributed by atoms with E-state index in [1.54, 1.807) is 18.2 Å². The highest BCUT2D eigenvalue weighted by Crippen LogP contribution is 2.27. The van der Waals surface area contributed by atoms with Crippen molar-refractivity contribution >= 4 is 33.5 Å². The molecule has 1 aliphatic rings. The molecule has 0 saturated heterocycles. The van der Waals surface area contributed by atoms with E-state index in [1.165, 1.54) is 25.7 Å². The van der Waals surface area contributed by atoms with Crippen molar-refractivity contribution in [3.05, 3.63) is 33.3 Å². The Morgan fingerprint density at radius 2 is 1.95 bits per heavy atom. The Bertz CT molecular complexity index is 473. The van der Waals surface area contributed by atoms with Gasteiger partial charge in [-0.05, 0) is 46.5 Å². The summed E-state index contributed by atoms with van der Waals surface area (Å²) in [5, 5.41) is 13.3. The van der Waals surface area contributed by atoms with E-state index in [0.717, 1.165) is 17.3 Å². The molecule has 0 spiro atoms. The highest BCUT2D eigenvalue weighted by molar-refractivity contribution is 9.10. The third-order valence-electron chi connectivity index (χ3n) is 3.78. The van der Waals surface area contributed by atoms with E-state index in [1.807, 2.05) is 0 Å². The maximum atomic E-state index is 11.5. The van der Waals surface area contributed by atoms with Gasteiger partial charge >= 0.3 is 5.97 Å². The molecule has 20 heavy (non-hydrogen) atoms. The van der Waals surface area contributed by atoms with Gasteiger partial charge in [0.15, 0.2) is 0 Å². The second kappa shape index (κ2) is 7.43. The molecule has 1 aromatic rings. The van der Waals surface area contributed by atoms with Gasteiger partial charge in [-0.1, -0.05) is 43.4 Å². The number of benzene rings is 1. The lowest BCUT2D eigenvalue weighted by atomic mass is 10.0. The topological polar surface area (TPSA) is 49.3 Å². The van der Waals surface area contributed by atoms with Crippen LogP contribution in [0.3, 0.4) is 0 Å². The van der Waals surface area contributed by atoms with Crippen molar-refractivity contribution in [2.24, 2.45) is 0 Å². The van der Waals surface area contributed by atoms with Crippen LogP contribution in [0.15, 0.2) is 22.7 Å². The van der Waals surface area contributed by atoms with E-state index in [4.69, 9.17) is 11.6 Å². The van der Waals surface area contributed by atoms with Crippen molar-refractivity contribution in [1.82, 2.24) is 5.32 Å². The second-order valence-electron chi connectivity index (χ2n) is 5.30. The third kappa shape index (κ3) is 4.21. The standard InChI is InChI=1S/C15H19BrClNO2/c16-12-8-7-10(9-13(12)17)14(15(19)20)18-11-5-3-1-2-4-6-11/h7-9,11,14,18H,1-6H2,(H,19,20). The monoisotopic (exact) mass is 359 g/mol. The van der Waals surface area contributed by atoms with Gasteiger partial charge in [0.2, 0.25) is 0 Å². The Kier molecular flexibility index (Phi) is 5.87. The largest absolute Gasteiger partial charge is 0.480 e. The Morgan fingerprint density at radius 3 is 2.50 bits per heavy atom. The maximum absolute atomic E-state index is 11.5. The Hall–Kier alpha value is -0.580. The predicted octanol–water partition coefficient (Wildman–Crippen LogP) is 4.54. The molecule has 0 heterocycles. The average Bonchev–Trinajstić information content (AvgIpc) is 2.67. The van der Waals surface area contributed by atoms with Gasteiger partial charge in [0.1, 0.15) is 6.04 Å². The number of carboxylic acids is 1. The molecule has 0 aliphatic heterocycles. The van der Waals surface area contributed by atoms with Gasteiger partial charge in [0, 0.05) is 10.5 Å². The zero-order valence-corrected chi connectivity index (χ0v) is 13.6. The molecule has 3 nitrogen and oxygen atoms in total. The van der Waals surface area contributed by atoms with Crippen molar-refractivity contribution < 1.29 is 9.90 Å². The first-order chi connectivity index (χ1) is 9.58. The first-order valence-corrected chi connectivity index (χ1v) is 8.19. The van der Waals surface area contributed by atoms with Crippen molar-refractivity contribution in [2.45, 2.75) is 50.6 Å². The van der Waals surface area contributed by atoms with Crippen LogP contribution in [0, 0.1) is 0 Å². The first kappa shape index (κ1) is 15.8. The fourth-order valence-electron chi connectivity index (χ4n) is 2.68. The average molecular weight is 361 g/mol. The zero-order valence-electron chi connectivity index (χ0n) is 11.2. The van der Waals surface area contributed by atoms with Crippen LogP contribution in [-0.4, -0.2) is 17.1 Å². The van der Waals surface area contributed by atoms with Crippen LogP contribution in [-0.2, 0) is 4.79 Å². The minimum Gasteiger partial charge on any atom is -0.480 e. The van der Waals surface area contributed by atoms with E-state index < -0.39 is 12.0 Å². The third-order valence-corrected chi connectivity index (χ3v) is 5.01. The minimum atomic E-state index is -0.854. The van der Waals surface area contributed by atoms with Gasteiger partial charge in [-0.15, -0.1) is 0 Å². The van der Waals surface area contributed by atoms with E-state index in [2.05, 4.69) is 21.2 Å². The van der Waals surface area contributed by atoms with Crippen LogP contribution >= 0.6 is 27.5 Å². The summed E-state index contributed by atoms with van der Waals surface area (Å²) in [4.78, 5) is 11.5. The lowest BCUT2D eigenvalue weighted by molar-refractivity contribution is -0.140. The smallest absolute Gasteiger partial charge is 0.325 e. The summed E-state index contributed by atoms with van der Waals surface area (Å²) in [6.07, 6.45) is 6.94. The number of hydrogen-bond donors (Lipinski definition) is 2. The Morgan fingerprint density at radius 1 is 1.30 bits per heavy atom. The number of hydrogen-bond acceptors (Lipinski definition) is 2. The number of carbonyl (C=O) groups is 1. The second-order valence-corrected chi connectivity index (χ2v) is 6.56. The quantitative estimate of drug-likeness (QED) is 0.775. The van der Waals surface area contributed by atoms with E-state index >= 15 is 0 Å². The van der Waals surface area contributed by atoms with Gasteiger partial charge in [0.25, 0.3) is 0 Å². The molecule has 110 valence electrons. The molecule has 1 atom stereocenters. The van der Waals surface area contributed by atoms with Gasteiger partial charge in [-0.3, -0.25) is 10.1 Å². The van der Waals surface area contributed by atoms with Gasteiger partial charge in [-0.2, -0.15) is 0 Å². The summed E-state index contributed by atoms with van der Waals surface area (Å²) in [5.74, 6) is -0.854. The Labute approximate surface area is 132 Å². The number of carboxylic acid groups (broad SMARTS) is 1. The molecule has 0 bridgehead atoms. The van der Waals surface area contributed by atoms with Crippen LogP contribution in [0.25, 0.3) is 0 Å². The van der Waals surface area contributed by atoms with Crippen molar-refractivity contribution in [2.75, 3.05) is 0 Å². The fourth-order valence-corrected chi connectivity index (χ4v) is 3.12. The Balaban J connectivity index is 2.13. The highest BCUT2D eigenvalue weighted by Gasteiger charge is 2.24. The van der Waals surface area contributed by atoms with Crippen molar-refractivity contribution in [3.63, 3.8) is 0 Å². The molecule has 0 radical (unpaired) electrons. The molecular weight excluding hydrogens is 342 g/mol. The summed E-state index contributed by atoms with van der Waals surface area (Å²) in [7, 11) is 0. The van der Waals surface area contributed by atoms with Crippen molar-refractivity contribution in [3.8, 4) is 0 Å². The minimum absolute atomic E-state index is 0.279. The van der Waals surface area contributed by atoms with E-state index in [9.17, 15) is 9.90 Å². The SMILES string of the molecule is O=C(O)C(NC1CCCCCC1)c1ccc(Br)c(Cl)c1. The zero-order chi connectivity index (χ0) is 14.5. The predicted molar refractivity (Wildman–Crippen MR) is 84.2 cm³/mol. The first-order valence-electron chi connectivity index (χ1n) is 7.01. The maximum Gasteiger partial charge on any atom is 0.325 e. The van der Waals surface area contributed by atoms with Crippen LogP contribution < -0.4 is 5.32 Å². The molecule has 0 aromatic heterocycles. The number of nitrogens with one attached hydrogen (secondary N) is 1. The summed E-state index contributed by atoms with van der Waals surface area (Å²) in [5.41, 5.74) is 0.704. The van der Waals surface area contributed by atoms with Crippen LogP contribution in [0.2, 0.25) is 5.02 Å². The molecule has 1 aliphatic carbocycles. The van der Waals surface area contributed by atoms with E-state index in [-0.39, 0.29) is 6.04 Å². The molecule has 2 rings (SSSR count). The molecule has 0 amide bonds. The van der Waals surface area contributed by atoms with Crippen molar-refractivity contribution in [1.29, 1.82) is 0 Å². The molecular formula is C15H19BrClNO2. The summed E-state index contributed by atoms with van der Waals surface area (Å²) in [6, 6.07) is 4.90. The molecule has 1 aromatic carbocycles. The van der Waals surface area contributed by atoms with Crippen LogP contribution in [0.4, 0.5) is 0 Å². The summed E-state index contributed by atoms with van der Waals surface area (Å²) in [6.45, 7) is 0. The van der Waals surface area contributed by atoms with Gasteiger partial charge in [-0.25, -0.2) is 0 Å². The summed E-state index contributed by atoms with van der Waals surface area (Å²) >= 11 is 9.39.